The lowest BCUT2D eigenvalue weighted by Gasteiger charge is -2.22. The summed E-state index contributed by atoms with van der Waals surface area (Å²) in [6.45, 7) is 1.28. The van der Waals surface area contributed by atoms with Crippen LogP contribution in [0.3, 0.4) is 0 Å². The number of benzene rings is 3. The lowest BCUT2D eigenvalue weighted by Crippen LogP contribution is -2.40. The van der Waals surface area contributed by atoms with Crippen LogP contribution in [0.1, 0.15) is 22.0 Å². The number of carbonyl (C=O) groups excluding carboxylic acids is 2. The highest BCUT2D eigenvalue weighted by Crippen LogP contribution is 2.44. The summed E-state index contributed by atoms with van der Waals surface area (Å²) in [4.78, 5) is 28.8. The fourth-order valence-corrected chi connectivity index (χ4v) is 4.93. The van der Waals surface area contributed by atoms with Gasteiger partial charge in [0.15, 0.2) is 17.0 Å². The van der Waals surface area contributed by atoms with Crippen molar-refractivity contribution in [2.24, 2.45) is 0 Å². The molecule has 10 nitrogen and oxygen atoms in total. The van der Waals surface area contributed by atoms with E-state index in [1.807, 2.05) is 31.1 Å². The van der Waals surface area contributed by atoms with Gasteiger partial charge in [-0.15, -0.1) is 0 Å². The van der Waals surface area contributed by atoms with Crippen LogP contribution >= 0.6 is 11.8 Å². The van der Waals surface area contributed by atoms with Crippen molar-refractivity contribution in [2.45, 2.75) is 16.5 Å². The number of carbonyl (C=O) groups is 2. The van der Waals surface area contributed by atoms with E-state index in [1.54, 1.807) is 62.8 Å². The molecule has 0 spiro atoms. The molecular formula is C28H33N5O5S. The van der Waals surface area contributed by atoms with Crippen molar-refractivity contribution in [1.29, 1.82) is 0 Å². The van der Waals surface area contributed by atoms with E-state index in [1.165, 1.54) is 11.8 Å². The average molecular weight is 552 g/mol. The van der Waals surface area contributed by atoms with E-state index in [-0.39, 0.29) is 11.8 Å². The van der Waals surface area contributed by atoms with Crippen LogP contribution in [-0.4, -0.2) is 63.6 Å². The highest BCUT2D eigenvalue weighted by Gasteiger charge is 2.30. The molecule has 2 atom stereocenters. The summed E-state index contributed by atoms with van der Waals surface area (Å²) in [5.74, 6) is 1.13. The van der Waals surface area contributed by atoms with Crippen LogP contribution in [0.15, 0.2) is 65.6 Å². The number of methoxy groups -OCH3 is 2. The molecule has 3 aromatic carbocycles. The maximum absolute atomic E-state index is 13.5. The van der Waals surface area contributed by atoms with Gasteiger partial charge in [0.1, 0.15) is 5.75 Å². The lowest BCUT2D eigenvalue weighted by molar-refractivity contribution is -0.128. The molecule has 4 rings (SSSR count). The Morgan fingerprint density at radius 3 is 2.33 bits per heavy atom. The van der Waals surface area contributed by atoms with Gasteiger partial charge in [0.25, 0.3) is 11.8 Å². The number of nitrogens with one attached hydrogen (secondary N) is 3. The van der Waals surface area contributed by atoms with Crippen LogP contribution in [-0.2, 0) is 4.79 Å². The summed E-state index contributed by atoms with van der Waals surface area (Å²) >= 11 is 1.45. The Kier molecular flexibility index (Phi) is 9.05. The maximum atomic E-state index is 13.5. The summed E-state index contributed by atoms with van der Waals surface area (Å²) < 4.78 is 16.9. The number of fused-ring (bicyclic) bond motifs is 1. The zero-order chi connectivity index (χ0) is 27.9. The highest BCUT2D eigenvalue weighted by atomic mass is 32.2. The molecule has 2 amide bonds. The number of anilines is 2. The van der Waals surface area contributed by atoms with Gasteiger partial charge in [-0.1, -0.05) is 23.9 Å². The first-order valence-electron chi connectivity index (χ1n) is 12.3. The molecule has 206 valence electrons. The van der Waals surface area contributed by atoms with E-state index >= 15 is 0 Å². The highest BCUT2D eigenvalue weighted by molar-refractivity contribution is 8.00. The molecule has 0 aromatic heterocycles. The minimum absolute atomic E-state index is 0.173. The standard InChI is InChI=1S/C28H33N5O5S/c1-33(2)14-13-30-26(34)18-7-11-20(12-8-18)38-25(17-5-9-19(29)10-6-17)27(35)32-28-31-21-15-22(36-3)23(37-4)16-24(21)39-28/h5-12,15-16,25,28,31H,13-14,29H2,1-4H3,(H,30,34)(H,32,35). The van der Waals surface area contributed by atoms with Gasteiger partial charge in [-0.3, -0.25) is 9.59 Å². The Bertz CT molecular complexity index is 1270. The molecule has 0 saturated heterocycles. The fraction of sp³-hybridized carbons (Fsp3) is 0.286. The zero-order valence-corrected chi connectivity index (χ0v) is 23.1. The summed E-state index contributed by atoms with van der Waals surface area (Å²) in [7, 11) is 7.04. The van der Waals surface area contributed by atoms with E-state index in [4.69, 9.17) is 19.9 Å². The van der Waals surface area contributed by atoms with E-state index in [2.05, 4.69) is 16.0 Å². The Morgan fingerprint density at radius 1 is 1.03 bits per heavy atom. The molecule has 11 heteroatoms. The number of nitrogens with two attached hydrogens (primary N) is 1. The van der Waals surface area contributed by atoms with Gasteiger partial charge < -0.3 is 40.8 Å². The number of nitrogens with zero attached hydrogens (tertiary/aromatic N) is 1. The smallest absolute Gasteiger partial charge is 0.268 e. The normalized spacial score (nSPS) is 14.6. The summed E-state index contributed by atoms with van der Waals surface area (Å²) in [6.07, 6.45) is -0.958. The van der Waals surface area contributed by atoms with Gasteiger partial charge in [0.2, 0.25) is 6.10 Å². The van der Waals surface area contributed by atoms with Crippen molar-refractivity contribution in [2.75, 3.05) is 52.5 Å². The molecule has 0 bridgehead atoms. The van der Waals surface area contributed by atoms with E-state index in [0.29, 0.717) is 40.6 Å². The van der Waals surface area contributed by atoms with Gasteiger partial charge in [-0.2, -0.15) is 0 Å². The zero-order valence-electron chi connectivity index (χ0n) is 22.3. The van der Waals surface area contributed by atoms with Crippen molar-refractivity contribution in [1.82, 2.24) is 15.5 Å². The molecule has 0 radical (unpaired) electrons. The molecule has 0 saturated carbocycles. The largest absolute Gasteiger partial charge is 0.493 e. The monoisotopic (exact) mass is 551 g/mol. The van der Waals surface area contributed by atoms with Crippen LogP contribution in [0, 0.1) is 0 Å². The molecular weight excluding hydrogens is 518 g/mol. The molecule has 1 heterocycles. The minimum atomic E-state index is -0.958. The second-order valence-electron chi connectivity index (χ2n) is 9.10. The van der Waals surface area contributed by atoms with Crippen molar-refractivity contribution in [3.05, 3.63) is 71.8 Å². The van der Waals surface area contributed by atoms with Gasteiger partial charge in [0, 0.05) is 40.9 Å². The molecule has 3 aromatic rings. The number of thioether (sulfide) groups is 1. The third-order valence-electron chi connectivity index (χ3n) is 5.98. The Labute approximate surface area is 232 Å². The van der Waals surface area contributed by atoms with Crippen LogP contribution in [0.25, 0.3) is 0 Å². The second kappa shape index (κ2) is 12.6. The predicted molar refractivity (Wildman–Crippen MR) is 153 cm³/mol. The molecule has 1 aliphatic rings. The van der Waals surface area contributed by atoms with Gasteiger partial charge >= 0.3 is 0 Å². The van der Waals surface area contributed by atoms with Gasteiger partial charge in [-0.25, -0.2) is 0 Å². The van der Waals surface area contributed by atoms with E-state index < -0.39 is 11.6 Å². The fourth-order valence-electron chi connectivity index (χ4n) is 3.90. The number of amides is 2. The first kappa shape index (κ1) is 27.9. The van der Waals surface area contributed by atoms with E-state index in [9.17, 15) is 9.59 Å². The van der Waals surface area contributed by atoms with Crippen molar-refractivity contribution < 1.29 is 23.8 Å². The van der Waals surface area contributed by atoms with Gasteiger partial charge in [0.05, 0.1) is 19.9 Å². The topological polar surface area (TPSA) is 127 Å². The molecule has 0 fully saturated rings. The summed E-state index contributed by atoms with van der Waals surface area (Å²) in [5.41, 5.74) is 7.97. The number of hydrogen-bond acceptors (Lipinski definition) is 9. The maximum Gasteiger partial charge on any atom is 0.268 e. The second-order valence-corrected chi connectivity index (χ2v) is 10.2. The Balaban J connectivity index is 1.46. The molecule has 0 aliphatic carbocycles. The number of hydrogen-bond donors (Lipinski definition) is 4. The molecule has 5 N–H and O–H groups in total. The first-order valence-corrected chi connectivity index (χ1v) is 13.2. The predicted octanol–water partition coefficient (Wildman–Crippen LogP) is 3.32. The molecule has 2 unspecified atom stereocenters. The molecule has 1 aliphatic heterocycles. The quantitative estimate of drug-likeness (QED) is 0.266. The summed E-state index contributed by atoms with van der Waals surface area (Å²) in [6, 6.07) is 17.3. The minimum Gasteiger partial charge on any atom is -0.493 e. The first-order chi connectivity index (χ1) is 18.8. The SMILES string of the molecule is COc1cc2c(cc1OC)SC(NC(=O)C(Oc1ccc(C(=O)NCCN(C)C)cc1)c1ccc(N)cc1)N2. The lowest BCUT2D eigenvalue weighted by atomic mass is 10.1. The Hall–Kier alpha value is -4.09. The van der Waals surface area contributed by atoms with Crippen molar-refractivity contribution >= 4 is 35.0 Å². The number of likely N-dealkylation sites (N-methyl/N-ethyl adjacent to an activating group) is 1. The van der Waals surface area contributed by atoms with Crippen LogP contribution < -0.4 is 35.9 Å². The average Bonchev–Trinajstić information content (AvgIpc) is 3.32. The van der Waals surface area contributed by atoms with Crippen molar-refractivity contribution in [3.8, 4) is 17.2 Å². The van der Waals surface area contributed by atoms with Crippen molar-refractivity contribution in [3.63, 3.8) is 0 Å². The number of rotatable bonds is 11. The van der Waals surface area contributed by atoms with E-state index in [0.717, 1.165) is 17.1 Å². The number of nitrogen functional groups attached to an aromatic ring is 1. The van der Waals surface area contributed by atoms with Crippen LogP contribution in [0.5, 0.6) is 17.2 Å². The third-order valence-corrected chi connectivity index (χ3v) is 7.05. The summed E-state index contributed by atoms with van der Waals surface area (Å²) in [5, 5.41) is 9.17. The van der Waals surface area contributed by atoms with Crippen LogP contribution in [0.2, 0.25) is 0 Å². The number of ether oxygens (including phenoxy) is 3. The van der Waals surface area contributed by atoms with Gasteiger partial charge in [-0.05, 0) is 56.6 Å². The molecule has 39 heavy (non-hydrogen) atoms. The Morgan fingerprint density at radius 2 is 1.69 bits per heavy atom. The third kappa shape index (κ3) is 7.06. The van der Waals surface area contributed by atoms with Crippen LogP contribution in [0.4, 0.5) is 11.4 Å².